The smallest absolute Gasteiger partial charge is 0.306 e. The van der Waals surface area contributed by atoms with Crippen molar-refractivity contribution in [3.05, 3.63) is 91.0 Å². The predicted molar refractivity (Wildman–Crippen MR) is 122 cm³/mol. The van der Waals surface area contributed by atoms with Crippen molar-refractivity contribution in [3.63, 3.8) is 0 Å². The number of hydrogen-bond acceptors (Lipinski definition) is 4. The van der Waals surface area contributed by atoms with Gasteiger partial charge in [-0.05, 0) is 15.6 Å². The maximum Gasteiger partial charge on any atom is 0.306 e. The average Bonchev–Trinajstić information content (AvgIpc) is 3.34. The van der Waals surface area contributed by atoms with Gasteiger partial charge in [-0.25, -0.2) is 0 Å². The van der Waals surface area contributed by atoms with Crippen molar-refractivity contribution in [2.75, 3.05) is 6.61 Å². The Bertz CT molecular complexity index is 928. The molecule has 0 amide bonds. The fourth-order valence-electron chi connectivity index (χ4n) is 5.30. The normalized spacial score (nSPS) is 25.3. The van der Waals surface area contributed by atoms with E-state index in [0.717, 1.165) is 15.6 Å². The average molecular weight is 431 g/mol. The monoisotopic (exact) mass is 430 g/mol. The van der Waals surface area contributed by atoms with Gasteiger partial charge in [-0.1, -0.05) is 91.0 Å². The number of benzene rings is 3. The van der Waals surface area contributed by atoms with Crippen molar-refractivity contribution in [1.29, 1.82) is 0 Å². The van der Waals surface area contributed by atoms with Crippen molar-refractivity contribution in [1.82, 2.24) is 0 Å². The minimum Gasteiger partial charge on any atom is -0.462 e. The maximum atomic E-state index is 11.8. The van der Waals surface area contributed by atoms with E-state index < -0.39 is 8.32 Å². The molecule has 4 nitrogen and oxygen atoms in total. The molecule has 2 fully saturated rings. The lowest BCUT2D eigenvalue weighted by Gasteiger charge is -2.37. The number of aliphatic hydroxyl groups is 1. The molecule has 1 saturated heterocycles. The van der Waals surface area contributed by atoms with Gasteiger partial charge < -0.3 is 14.3 Å². The standard InChI is InChI=1S/C26H26O4Si/c27-18-23-22-16-26(28)29-24(22)17-25(23)30-31(19-10-4-1-5-11-19,20-12-6-2-7-13-20)21-14-8-3-9-15-21/h1-15,22-25,27H,16-18H2/t22-,23-,24+,25-/m1/s1. The Morgan fingerprint density at radius 1 is 0.839 bits per heavy atom. The number of ether oxygens (including phenoxy) is 1. The molecule has 1 aliphatic heterocycles. The van der Waals surface area contributed by atoms with Crippen LogP contribution in [0.5, 0.6) is 0 Å². The summed E-state index contributed by atoms with van der Waals surface area (Å²) in [6, 6.07) is 31.3. The van der Waals surface area contributed by atoms with E-state index in [-0.39, 0.29) is 36.6 Å². The van der Waals surface area contributed by atoms with Gasteiger partial charge in [0.05, 0.1) is 12.5 Å². The second-order valence-electron chi connectivity index (χ2n) is 8.41. The summed E-state index contributed by atoms with van der Waals surface area (Å²) < 4.78 is 12.8. The van der Waals surface area contributed by atoms with Gasteiger partial charge in [0.15, 0.2) is 0 Å². The number of fused-ring (bicyclic) bond motifs is 1. The largest absolute Gasteiger partial charge is 0.462 e. The van der Waals surface area contributed by atoms with Crippen LogP contribution in [0.2, 0.25) is 0 Å². The molecular weight excluding hydrogens is 404 g/mol. The number of carbonyl (C=O) groups is 1. The van der Waals surface area contributed by atoms with Crippen molar-refractivity contribution < 1.29 is 19.1 Å². The number of hydrogen-bond donors (Lipinski definition) is 1. The van der Waals surface area contributed by atoms with Gasteiger partial charge in [0.25, 0.3) is 8.32 Å². The van der Waals surface area contributed by atoms with Gasteiger partial charge >= 0.3 is 5.97 Å². The third kappa shape index (κ3) is 3.53. The van der Waals surface area contributed by atoms with Gasteiger partial charge in [-0.2, -0.15) is 0 Å². The van der Waals surface area contributed by atoms with Crippen LogP contribution in [0.15, 0.2) is 91.0 Å². The Labute approximate surface area is 183 Å². The first-order chi connectivity index (χ1) is 15.2. The van der Waals surface area contributed by atoms with E-state index in [1.165, 1.54) is 0 Å². The molecule has 1 N–H and O–H groups in total. The van der Waals surface area contributed by atoms with Crippen LogP contribution < -0.4 is 15.6 Å². The molecule has 0 spiro atoms. The molecule has 1 saturated carbocycles. The van der Waals surface area contributed by atoms with Gasteiger partial charge in [0.1, 0.15) is 6.10 Å². The lowest BCUT2D eigenvalue weighted by molar-refractivity contribution is -0.141. The molecule has 3 aromatic carbocycles. The highest BCUT2D eigenvalue weighted by atomic mass is 28.4. The summed E-state index contributed by atoms with van der Waals surface area (Å²) in [7, 11) is -2.86. The minimum absolute atomic E-state index is 0.00861. The van der Waals surface area contributed by atoms with Crippen molar-refractivity contribution >= 4 is 29.8 Å². The molecule has 5 heteroatoms. The SMILES string of the molecule is O=C1C[C@@H]2[C@@H](CO)[C@H](O[Si](c3ccccc3)(c3ccccc3)c3ccccc3)C[C@@H]2O1. The molecule has 0 unspecified atom stereocenters. The molecule has 0 radical (unpaired) electrons. The maximum absolute atomic E-state index is 11.8. The van der Waals surface area contributed by atoms with E-state index in [2.05, 4.69) is 72.8 Å². The molecule has 0 bridgehead atoms. The van der Waals surface area contributed by atoms with E-state index in [4.69, 9.17) is 9.16 Å². The van der Waals surface area contributed by atoms with E-state index >= 15 is 0 Å². The first-order valence-corrected chi connectivity index (χ1v) is 12.8. The van der Waals surface area contributed by atoms with E-state index in [0.29, 0.717) is 12.8 Å². The molecular formula is C26H26O4Si. The van der Waals surface area contributed by atoms with Gasteiger partial charge in [0, 0.05) is 24.9 Å². The summed E-state index contributed by atoms with van der Waals surface area (Å²) in [5.41, 5.74) is 0. The zero-order chi connectivity index (χ0) is 21.3. The number of rotatable bonds is 6. The summed E-state index contributed by atoms with van der Waals surface area (Å²) in [5.74, 6) is -0.249. The first kappa shape index (κ1) is 20.2. The number of esters is 1. The topological polar surface area (TPSA) is 55.8 Å². The zero-order valence-electron chi connectivity index (χ0n) is 17.3. The Balaban J connectivity index is 1.65. The number of carbonyl (C=O) groups excluding carboxylic acids is 1. The van der Waals surface area contributed by atoms with E-state index in [9.17, 15) is 9.90 Å². The second kappa shape index (κ2) is 8.42. The third-order valence-electron chi connectivity index (χ3n) is 6.73. The molecule has 3 aromatic rings. The summed E-state index contributed by atoms with van der Waals surface area (Å²) in [6.45, 7) is -0.00861. The fourth-order valence-corrected chi connectivity index (χ4v) is 9.41. The van der Waals surface area contributed by atoms with Gasteiger partial charge in [-0.3, -0.25) is 4.79 Å². The zero-order valence-corrected chi connectivity index (χ0v) is 18.3. The predicted octanol–water partition coefficient (Wildman–Crippen LogP) is 1.98. The van der Waals surface area contributed by atoms with Crippen LogP contribution in [0.1, 0.15) is 12.8 Å². The van der Waals surface area contributed by atoms with E-state index in [1.54, 1.807) is 0 Å². The van der Waals surface area contributed by atoms with Crippen LogP contribution >= 0.6 is 0 Å². The molecule has 5 rings (SSSR count). The van der Waals surface area contributed by atoms with Crippen LogP contribution in [0, 0.1) is 11.8 Å². The van der Waals surface area contributed by atoms with Crippen LogP contribution in [0.4, 0.5) is 0 Å². The van der Waals surface area contributed by atoms with Crippen LogP contribution in [0.25, 0.3) is 0 Å². The highest BCUT2D eigenvalue weighted by Crippen LogP contribution is 2.43. The Morgan fingerprint density at radius 3 is 1.77 bits per heavy atom. The van der Waals surface area contributed by atoms with Crippen LogP contribution in [0.3, 0.4) is 0 Å². The first-order valence-electron chi connectivity index (χ1n) is 10.9. The summed E-state index contributed by atoms with van der Waals surface area (Å²) in [4.78, 5) is 11.8. The molecule has 4 atom stereocenters. The highest BCUT2D eigenvalue weighted by molar-refractivity contribution is 7.07. The van der Waals surface area contributed by atoms with Crippen LogP contribution in [-0.2, 0) is 14.0 Å². The minimum atomic E-state index is -2.86. The third-order valence-corrected chi connectivity index (χ3v) is 10.8. The van der Waals surface area contributed by atoms with Gasteiger partial charge in [0.2, 0.25) is 0 Å². The molecule has 1 aliphatic carbocycles. The highest BCUT2D eigenvalue weighted by Gasteiger charge is 2.54. The molecule has 0 aromatic heterocycles. The molecule has 1 heterocycles. The Kier molecular flexibility index (Phi) is 5.48. The van der Waals surface area contributed by atoms with Crippen LogP contribution in [-0.4, -0.2) is 38.2 Å². The van der Waals surface area contributed by atoms with Crippen molar-refractivity contribution in [2.45, 2.75) is 25.0 Å². The number of aliphatic hydroxyl groups excluding tert-OH is 1. The quantitative estimate of drug-likeness (QED) is 0.369. The fraction of sp³-hybridized carbons (Fsp3) is 0.269. The lowest BCUT2D eigenvalue weighted by atomic mass is 9.93. The van der Waals surface area contributed by atoms with Crippen molar-refractivity contribution in [2.24, 2.45) is 11.8 Å². The van der Waals surface area contributed by atoms with Gasteiger partial charge in [-0.15, -0.1) is 0 Å². The lowest BCUT2D eigenvalue weighted by Crippen LogP contribution is -2.70. The van der Waals surface area contributed by atoms with Crippen molar-refractivity contribution in [3.8, 4) is 0 Å². The van der Waals surface area contributed by atoms with E-state index in [1.807, 2.05) is 18.2 Å². The Morgan fingerprint density at radius 2 is 1.32 bits per heavy atom. The summed E-state index contributed by atoms with van der Waals surface area (Å²) in [6.07, 6.45) is 0.652. The molecule has 158 valence electrons. The Hall–Kier alpha value is -2.73. The summed E-state index contributed by atoms with van der Waals surface area (Å²) in [5, 5.41) is 13.7. The molecule has 31 heavy (non-hydrogen) atoms. The summed E-state index contributed by atoms with van der Waals surface area (Å²) >= 11 is 0. The second-order valence-corrected chi connectivity index (χ2v) is 11.7. The molecule has 2 aliphatic rings.